The average Bonchev–Trinajstić information content (AvgIpc) is 2.45. The maximum Gasteiger partial charge on any atom is 0.256 e. The second-order valence-electron chi connectivity index (χ2n) is 5.59. The summed E-state index contributed by atoms with van der Waals surface area (Å²) in [5.74, 6) is 0.232. The molecule has 1 fully saturated rings. The van der Waals surface area contributed by atoms with Crippen molar-refractivity contribution in [3.8, 4) is 0 Å². The predicted molar refractivity (Wildman–Crippen MR) is 76.7 cm³/mol. The van der Waals surface area contributed by atoms with Crippen molar-refractivity contribution in [2.45, 2.75) is 32.6 Å². The smallest absolute Gasteiger partial charge is 0.256 e. The monoisotopic (exact) mass is 278 g/mol. The number of hydrogen-bond donors (Lipinski definition) is 3. The zero-order valence-electron chi connectivity index (χ0n) is 11.8. The lowest BCUT2D eigenvalue weighted by Crippen LogP contribution is -2.37. The van der Waals surface area contributed by atoms with Crippen molar-refractivity contribution in [1.82, 2.24) is 10.3 Å². The molecule has 3 N–H and O–H groups in total. The van der Waals surface area contributed by atoms with Crippen molar-refractivity contribution in [2.75, 3.05) is 13.2 Å². The minimum Gasteiger partial charge on any atom is -0.396 e. The van der Waals surface area contributed by atoms with E-state index < -0.39 is 0 Å². The fourth-order valence-corrected chi connectivity index (χ4v) is 2.86. The van der Waals surface area contributed by atoms with Crippen molar-refractivity contribution < 1.29 is 9.90 Å². The summed E-state index contributed by atoms with van der Waals surface area (Å²) in [6.45, 7) is 2.47. The number of aryl methyl sites for hydroxylation is 1. The number of aliphatic hydroxyl groups is 1. The van der Waals surface area contributed by atoms with Gasteiger partial charge in [-0.3, -0.25) is 9.59 Å². The van der Waals surface area contributed by atoms with Gasteiger partial charge in [0.15, 0.2) is 5.43 Å². The topological polar surface area (TPSA) is 82.2 Å². The Morgan fingerprint density at radius 2 is 2.10 bits per heavy atom. The normalized spacial score (nSPS) is 22.5. The molecular weight excluding hydrogens is 256 g/mol. The van der Waals surface area contributed by atoms with Crippen LogP contribution in [-0.2, 0) is 0 Å². The summed E-state index contributed by atoms with van der Waals surface area (Å²) in [4.78, 5) is 26.6. The second-order valence-corrected chi connectivity index (χ2v) is 5.59. The molecule has 0 saturated heterocycles. The van der Waals surface area contributed by atoms with Gasteiger partial charge in [-0.25, -0.2) is 0 Å². The Bertz CT molecular complexity index is 524. The molecule has 2 rings (SSSR count). The summed E-state index contributed by atoms with van der Waals surface area (Å²) in [7, 11) is 0. The molecule has 20 heavy (non-hydrogen) atoms. The zero-order chi connectivity index (χ0) is 14.5. The van der Waals surface area contributed by atoms with Gasteiger partial charge in [-0.2, -0.15) is 0 Å². The van der Waals surface area contributed by atoms with E-state index in [4.69, 9.17) is 0 Å². The van der Waals surface area contributed by atoms with E-state index in [9.17, 15) is 14.7 Å². The first-order valence-electron chi connectivity index (χ1n) is 7.20. The molecule has 1 aromatic heterocycles. The summed E-state index contributed by atoms with van der Waals surface area (Å²) in [5, 5.41) is 12.2. The van der Waals surface area contributed by atoms with Gasteiger partial charge in [0.25, 0.3) is 5.91 Å². The largest absolute Gasteiger partial charge is 0.396 e. The third-order valence-electron chi connectivity index (χ3n) is 4.13. The van der Waals surface area contributed by atoms with Crippen LogP contribution in [0.2, 0.25) is 0 Å². The van der Waals surface area contributed by atoms with Crippen LogP contribution in [-0.4, -0.2) is 29.1 Å². The second kappa shape index (κ2) is 6.70. The number of amides is 1. The molecule has 1 aliphatic rings. The molecule has 1 amide bonds. The molecule has 5 nitrogen and oxygen atoms in total. The number of hydrogen-bond acceptors (Lipinski definition) is 3. The van der Waals surface area contributed by atoms with Gasteiger partial charge >= 0.3 is 0 Å². The highest BCUT2D eigenvalue weighted by molar-refractivity contribution is 5.93. The van der Waals surface area contributed by atoms with Crippen LogP contribution >= 0.6 is 0 Å². The van der Waals surface area contributed by atoms with Crippen molar-refractivity contribution >= 4 is 5.91 Å². The minimum absolute atomic E-state index is 0.145. The zero-order valence-corrected chi connectivity index (χ0v) is 11.8. The molecule has 5 heteroatoms. The predicted octanol–water partition coefficient (Wildman–Crippen LogP) is 1.21. The molecule has 110 valence electrons. The molecule has 0 spiro atoms. The molecule has 2 atom stereocenters. The van der Waals surface area contributed by atoms with Crippen LogP contribution in [0.5, 0.6) is 0 Å². The quantitative estimate of drug-likeness (QED) is 0.774. The van der Waals surface area contributed by atoms with Crippen LogP contribution in [0.1, 0.15) is 41.7 Å². The van der Waals surface area contributed by atoms with E-state index in [2.05, 4.69) is 10.3 Å². The molecule has 0 aliphatic heterocycles. The average molecular weight is 278 g/mol. The van der Waals surface area contributed by atoms with Crippen molar-refractivity contribution in [3.63, 3.8) is 0 Å². The minimum atomic E-state index is -0.339. The summed E-state index contributed by atoms with van der Waals surface area (Å²) in [5.41, 5.74) is 0.618. The number of rotatable bonds is 4. The maximum atomic E-state index is 12.0. The Labute approximate surface area is 118 Å². The van der Waals surface area contributed by atoms with Gasteiger partial charge in [0, 0.05) is 31.1 Å². The molecule has 1 heterocycles. The summed E-state index contributed by atoms with van der Waals surface area (Å²) in [6, 6.07) is 1.42. The van der Waals surface area contributed by atoms with Gasteiger partial charge < -0.3 is 15.4 Å². The fraction of sp³-hybridized carbons (Fsp3) is 0.600. The number of carbonyl (C=O) groups is 1. The molecule has 1 saturated carbocycles. The summed E-state index contributed by atoms with van der Waals surface area (Å²) in [6.07, 6.45) is 5.78. The van der Waals surface area contributed by atoms with Crippen molar-refractivity contribution in [2.24, 2.45) is 11.8 Å². The molecule has 1 aromatic rings. The number of H-pyrrole nitrogens is 1. The van der Waals surface area contributed by atoms with Gasteiger partial charge in [-0.15, -0.1) is 0 Å². The molecule has 0 radical (unpaired) electrons. The first-order chi connectivity index (χ1) is 9.61. The molecule has 0 aromatic carbocycles. The van der Waals surface area contributed by atoms with Crippen LogP contribution in [0.25, 0.3) is 0 Å². The van der Waals surface area contributed by atoms with Gasteiger partial charge in [-0.1, -0.05) is 12.8 Å². The highest BCUT2D eigenvalue weighted by Crippen LogP contribution is 2.29. The molecular formula is C15H22N2O3. The van der Waals surface area contributed by atoms with Gasteiger partial charge in [0.2, 0.25) is 0 Å². The number of carbonyl (C=O) groups excluding carboxylic acids is 1. The standard InChI is InChI=1S/C15H22N2O3/c1-10-6-14(19)13(8-16-10)15(20)17-7-11-4-2-3-5-12(11)9-18/h6,8,11-12,18H,2-5,7,9H2,1H3,(H,16,19)(H,17,20). The number of pyridine rings is 1. The number of nitrogens with one attached hydrogen (secondary N) is 2. The first kappa shape index (κ1) is 14.8. The van der Waals surface area contributed by atoms with E-state index in [1.165, 1.54) is 12.3 Å². The number of aromatic amines is 1. The van der Waals surface area contributed by atoms with Crippen LogP contribution in [0.3, 0.4) is 0 Å². The van der Waals surface area contributed by atoms with E-state index in [-0.39, 0.29) is 29.4 Å². The highest BCUT2D eigenvalue weighted by atomic mass is 16.3. The van der Waals surface area contributed by atoms with Crippen LogP contribution in [0, 0.1) is 18.8 Å². The van der Waals surface area contributed by atoms with E-state index in [0.29, 0.717) is 12.5 Å². The van der Waals surface area contributed by atoms with Crippen molar-refractivity contribution in [3.05, 3.63) is 33.7 Å². The lowest BCUT2D eigenvalue weighted by Gasteiger charge is -2.30. The maximum absolute atomic E-state index is 12.0. The Balaban J connectivity index is 1.96. The molecule has 2 unspecified atom stereocenters. The molecule has 0 bridgehead atoms. The third-order valence-corrected chi connectivity index (χ3v) is 4.13. The Morgan fingerprint density at radius 1 is 1.40 bits per heavy atom. The Hall–Kier alpha value is -1.62. The lowest BCUT2D eigenvalue weighted by molar-refractivity contribution is 0.0908. The third kappa shape index (κ3) is 3.48. The van der Waals surface area contributed by atoms with Crippen molar-refractivity contribution in [1.29, 1.82) is 0 Å². The van der Waals surface area contributed by atoms with Gasteiger partial charge in [0.1, 0.15) is 5.56 Å². The van der Waals surface area contributed by atoms with Gasteiger partial charge in [0.05, 0.1) is 0 Å². The van der Waals surface area contributed by atoms with Crippen LogP contribution in [0.4, 0.5) is 0 Å². The number of aromatic nitrogens is 1. The van der Waals surface area contributed by atoms with E-state index in [1.54, 1.807) is 6.92 Å². The Kier molecular flexibility index (Phi) is 4.95. The molecule has 1 aliphatic carbocycles. The summed E-state index contributed by atoms with van der Waals surface area (Å²) < 4.78 is 0. The fourth-order valence-electron chi connectivity index (χ4n) is 2.86. The lowest BCUT2D eigenvalue weighted by atomic mass is 9.79. The van der Waals surface area contributed by atoms with E-state index in [0.717, 1.165) is 31.4 Å². The Morgan fingerprint density at radius 3 is 2.75 bits per heavy atom. The number of aliphatic hydroxyl groups excluding tert-OH is 1. The van der Waals surface area contributed by atoms with Crippen LogP contribution < -0.4 is 10.7 Å². The van der Waals surface area contributed by atoms with Gasteiger partial charge in [-0.05, 0) is 31.6 Å². The van der Waals surface area contributed by atoms with Crippen LogP contribution in [0.15, 0.2) is 17.1 Å². The summed E-state index contributed by atoms with van der Waals surface area (Å²) >= 11 is 0. The van der Waals surface area contributed by atoms with E-state index in [1.807, 2.05) is 0 Å². The van der Waals surface area contributed by atoms with E-state index >= 15 is 0 Å². The SMILES string of the molecule is Cc1cc(=O)c(C(=O)NCC2CCCCC2CO)c[nH]1. The first-order valence-corrected chi connectivity index (χ1v) is 7.20. The highest BCUT2D eigenvalue weighted by Gasteiger charge is 2.25.